The molecule has 1 aromatic carbocycles. The third kappa shape index (κ3) is 4.78. The summed E-state index contributed by atoms with van der Waals surface area (Å²) in [7, 11) is 0. The van der Waals surface area contributed by atoms with E-state index in [1.165, 1.54) is 43.2 Å². The highest BCUT2D eigenvalue weighted by atomic mass is 16.5. The maximum Gasteiger partial charge on any atom is 0.337 e. The number of pyridine rings is 1. The number of aryl methyl sites for hydroxylation is 2. The van der Waals surface area contributed by atoms with Crippen LogP contribution in [0.2, 0.25) is 0 Å². The number of carbonyl (C=O) groups is 1. The molecule has 3 heterocycles. The van der Waals surface area contributed by atoms with Gasteiger partial charge < -0.3 is 20.1 Å². The molecule has 3 aliphatic rings. The molecule has 2 fully saturated rings. The molecule has 1 saturated heterocycles. The van der Waals surface area contributed by atoms with E-state index in [0.717, 1.165) is 60.8 Å². The lowest BCUT2D eigenvalue weighted by Crippen LogP contribution is -2.44. The molecule has 5 rings (SSSR count). The number of carboxylic acid groups (broad SMARTS) is 1. The normalized spacial score (nSPS) is 20.1. The molecule has 6 nitrogen and oxygen atoms in total. The summed E-state index contributed by atoms with van der Waals surface area (Å²) in [5.41, 5.74) is 8.21. The summed E-state index contributed by atoms with van der Waals surface area (Å²) in [5.74, 6) is -0.963. The Kier molecular flexibility index (Phi) is 6.63. The van der Waals surface area contributed by atoms with Gasteiger partial charge in [0.2, 0.25) is 0 Å². The summed E-state index contributed by atoms with van der Waals surface area (Å²) in [6.07, 6.45) is 6.26. The molecule has 36 heavy (non-hydrogen) atoms. The smallest absolute Gasteiger partial charge is 0.337 e. The van der Waals surface area contributed by atoms with E-state index in [4.69, 9.17) is 9.72 Å². The van der Waals surface area contributed by atoms with Gasteiger partial charge in [-0.25, -0.2) is 4.79 Å². The molecule has 2 aromatic rings. The molecule has 1 saturated carbocycles. The van der Waals surface area contributed by atoms with Crippen LogP contribution in [-0.4, -0.2) is 41.3 Å². The van der Waals surface area contributed by atoms with E-state index in [2.05, 4.69) is 35.3 Å². The zero-order valence-electron chi connectivity index (χ0n) is 22.5. The van der Waals surface area contributed by atoms with Crippen molar-refractivity contribution in [2.45, 2.75) is 91.4 Å². The molecule has 0 bridgehead atoms. The maximum absolute atomic E-state index is 12.7. The van der Waals surface area contributed by atoms with Crippen molar-refractivity contribution in [2.24, 2.45) is 5.41 Å². The van der Waals surface area contributed by atoms with Gasteiger partial charge in [-0.3, -0.25) is 4.98 Å². The van der Waals surface area contributed by atoms with E-state index in [1.807, 2.05) is 27.7 Å². The zero-order chi connectivity index (χ0) is 25.7. The molecule has 1 aliphatic carbocycles. The molecule has 2 N–H and O–H groups in total. The predicted molar refractivity (Wildman–Crippen MR) is 144 cm³/mol. The minimum atomic E-state index is -1.08. The standard InChI is InChI=1S/C30H41N3O3/c1-19-24(22-7-8-23-18-31-14-9-21(23)17-22)26(33-15-12-30(13-16-33)10-6-11-30)25(20(2)32-19)27(28(34)35)36-29(3,4)5/h7-8,17,27,31H,6,9-16,18H2,1-5H3,(H,34,35). The molecular weight excluding hydrogens is 450 g/mol. The van der Waals surface area contributed by atoms with Crippen LogP contribution in [0.25, 0.3) is 11.1 Å². The first-order chi connectivity index (χ1) is 17.1. The number of benzene rings is 1. The van der Waals surface area contributed by atoms with Gasteiger partial charge in [0.05, 0.1) is 11.3 Å². The minimum Gasteiger partial charge on any atom is -0.479 e. The Balaban J connectivity index is 1.68. The number of hydrogen-bond donors (Lipinski definition) is 2. The van der Waals surface area contributed by atoms with Crippen LogP contribution in [0.5, 0.6) is 0 Å². The van der Waals surface area contributed by atoms with Crippen LogP contribution in [0.3, 0.4) is 0 Å². The number of nitrogens with zero attached hydrogens (tertiary/aromatic N) is 2. The molecular formula is C30H41N3O3. The number of aliphatic carboxylic acids is 1. The first-order valence-electron chi connectivity index (χ1n) is 13.6. The van der Waals surface area contributed by atoms with Crippen molar-refractivity contribution in [2.75, 3.05) is 24.5 Å². The number of piperidine rings is 1. The van der Waals surface area contributed by atoms with Crippen LogP contribution in [0.15, 0.2) is 18.2 Å². The minimum absolute atomic E-state index is 0.501. The molecule has 0 radical (unpaired) electrons. The molecule has 6 heteroatoms. The Bertz CT molecular complexity index is 1150. The van der Waals surface area contributed by atoms with Crippen molar-refractivity contribution < 1.29 is 14.6 Å². The van der Waals surface area contributed by atoms with Gasteiger partial charge in [0.15, 0.2) is 6.10 Å². The summed E-state index contributed by atoms with van der Waals surface area (Å²) in [5, 5.41) is 13.8. The number of anilines is 1. The van der Waals surface area contributed by atoms with Crippen LogP contribution < -0.4 is 10.2 Å². The number of fused-ring (bicyclic) bond motifs is 1. The van der Waals surface area contributed by atoms with Gasteiger partial charge in [-0.05, 0) is 95.4 Å². The monoisotopic (exact) mass is 491 g/mol. The highest BCUT2D eigenvalue weighted by Crippen LogP contribution is 2.51. The van der Waals surface area contributed by atoms with Crippen LogP contribution >= 0.6 is 0 Å². The van der Waals surface area contributed by atoms with Crippen molar-refractivity contribution in [3.63, 3.8) is 0 Å². The second-order valence-electron chi connectivity index (χ2n) is 12.1. The number of ether oxygens (including phenoxy) is 1. The van der Waals surface area contributed by atoms with Crippen molar-refractivity contribution >= 4 is 11.7 Å². The number of hydrogen-bond acceptors (Lipinski definition) is 5. The lowest BCUT2D eigenvalue weighted by atomic mass is 9.63. The van der Waals surface area contributed by atoms with Gasteiger partial charge in [0, 0.05) is 42.1 Å². The van der Waals surface area contributed by atoms with Gasteiger partial charge in [-0.2, -0.15) is 0 Å². The fourth-order valence-electron chi connectivity index (χ4n) is 6.43. The van der Waals surface area contributed by atoms with Gasteiger partial charge >= 0.3 is 5.97 Å². The quantitative estimate of drug-likeness (QED) is 0.557. The lowest BCUT2D eigenvalue weighted by Gasteiger charge is -2.49. The largest absolute Gasteiger partial charge is 0.479 e. The van der Waals surface area contributed by atoms with E-state index in [-0.39, 0.29) is 0 Å². The van der Waals surface area contributed by atoms with Gasteiger partial charge in [0.1, 0.15) is 0 Å². The molecule has 1 spiro atoms. The van der Waals surface area contributed by atoms with Crippen molar-refractivity contribution in [3.05, 3.63) is 46.3 Å². The van der Waals surface area contributed by atoms with E-state index >= 15 is 0 Å². The Labute approximate surface area is 215 Å². The fourth-order valence-corrected chi connectivity index (χ4v) is 6.43. The fraction of sp³-hybridized carbons (Fsp3) is 0.600. The van der Waals surface area contributed by atoms with Gasteiger partial charge in [-0.1, -0.05) is 24.6 Å². The van der Waals surface area contributed by atoms with Crippen molar-refractivity contribution in [1.29, 1.82) is 0 Å². The average molecular weight is 492 g/mol. The number of nitrogens with one attached hydrogen (secondary N) is 1. The van der Waals surface area contributed by atoms with Crippen molar-refractivity contribution in [3.8, 4) is 11.1 Å². The van der Waals surface area contributed by atoms with E-state index in [0.29, 0.717) is 11.0 Å². The Morgan fingerprint density at radius 2 is 1.83 bits per heavy atom. The average Bonchev–Trinajstić information content (AvgIpc) is 2.80. The Morgan fingerprint density at radius 1 is 1.11 bits per heavy atom. The Hall–Kier alpha value is -2.44. The highest BCUT2D eigenvalue weighted by molar-refractivity contribution is 5.88. The highest BCUT2D eigenvalue weighted by Gasteiger charge is 2.42. The van der Waals surface area contributed by atoms with Crippen LogP contribution in [0, 0.1) is 19.3 Å². The third-order valence-corrected chi connectivity index (χ3v) is 8.47. The maximum atomic E-state index is 12.7. The molecule has 2 aliphatic heterocycles. The lowest BCUT2D eigenvalue weighted by molar-refractivity contribution is -0.160. The number of rotatable bonds is 5. The zero-order valence-corrected chi connectivity index (χ0v) is 22.5. The number of carboxylic acids is 1. The van der Waals surface area contributed by atoms with Crippen LogP contribution in [0.4, 0.5) is 5.69 Å². The summed E-state index contributed by atoms with van der Waals surface area (Å²) < 4.78 is 6.22. The molecule has 0 amide bonds. The molecule has 1 unspecified atom stereocenters. The topological polar surface area (TPSA) is 74.7 Å². The van der Waals surface area contributed by atoms with Crippen LogP contribution in [0.1, 0.15) is 87.1 Å². The predicted octanol–water partition coefficient (Wildman–Crippen LogP) is 5.72. The van der Waals surface area contributed by atoms with Crippen molar-refractivity contribution in [1.82, 2.24) is 10.3 Å². The van der Waals surface area contributed by atoms with E-state index in [9.17, 15) is 9.90 Å². The first-order valence-corrected chi connectivity index (χ1v) is 13.6. The third-order valence-electron chi connectivity index (χ3n) is 8.47. The number of aromatic nitrogens is 1. The van der Waals surface area contributed by atoms with Gasteiger partial charge in [0.25, 0.3) is 0 Å². The summed E-state index contributed by atoms with van der Waals surface area (Å²) in [6.45, 7) is 13.5. The Morgan fingerprint density at radius 3 is 2.44 bits per heavy atom. The second-order valence-corrected chi connectivity index (χ2v) is 12.1. The molecule has 1 atom stereocenters. The second kappa shape index (κ2) is 9.46. The van der Waals surface area contributed by atoms with Crippen LogP contribution in [-0.2, 0) is 22.5 Å². The van der Waals surface area contributed by atoms with Gasteiger partial charge in [-0.15, -0.1) is 0 Å². The molecule has 1 aromatic heterocycles. The van der Waals surface area contributed by atoms with E-state index in [1.54, 1.807) is 0 Å². The van der Waals surface area contributed by atoms with E-state index < -0.39 is 17.7 Å². The first kappa shape index (κ1) is 25.2. The summed E-state index contributed by atoms with van der Waals surface area (Å²) in [6, 6.07) is 6.72. The summed E-state index contributed by atoms with van der Waals surface area (Å²) in [4.78, 5) is 20.0. The molecule has 194 valence electrons. The summed E-state index contributed by atoms with van der Waals surface area (Å²) >= 11 is 0. The SMILES string of the molecule is Cc1nc(C)c(C(OC(C)(C)C)C(=O)O)c(N2CCC3(CCC3)CC2)c1-c1ccc2c(c1)CCNC2.